The Morgan fingerprint density at radius 1 is 0.743 bits per heavy atom. The van der Waals surface area contributed by atoms with Crippen molar-refractivity contribution in [2.75, 3.05) is 5.73 Å². The molecule has 0 aromatic heterocycles. The largest absolute Gasteiger partial charge is 0.459 e. The van der Waals surface area contributed by atoms with E-state index in [4.69, 9.17) is 15.2 Å². The fraction of sp³-hybridized carbons (Fsp3) is 0.167. The summed E-state index contributed by atoms with van der Waals surface area (Å²) in [6.07, 6.45) is 1.35. The second kappa shape index (κ2) is 10.7. The Hall–Kier alpha value is -3.70. The summed E-state index contributed by atoms with van der Waals surface area (Å²) in [5, 5.41) is 0.499. The van der Waals surface area contributed by atoms with Crippen LogP contribution in [0.3, 0.4) is 0 Å². The van der Waals surface area contributed by atoms with E-state index in [1.54, 1.807) is 18.2 Å². The first-order valence-electron chi connectivity index (χ1n) is 11.7. The number of rotatable bonds is 6. The van der Waals surface area contributed by atoms with Crippen LogP contribution in [0.25, 0.3) is 0 Å². The van der Waals surface area contributed by atoms with Gasteiger partial charge in [-0.05, 0) is 41.5 Å². The van der Waals surface area contributed by atoms with Gasteiger partial charge in [0.15, 0.2) is 0 Å². The molecule has 1 heterocycles. The van der Waals surface area contributed by atoms with Gasteiger partial charge in [-0.3, -0.25) is 0 Å². The number of nitrogen functional groups attached to an aromatic ring is 1. The normalized spacial score (nSPS) is 19.6. The lowest BCUT2D eigenvalue weighted by molar-refractivity contribution is 0.0248. The lowest BCUT2D eigenvalue weighted by Crippen LogP contribution is -2.26. The summed E-state index contributed by atoms with van der Waals surface area (Å²) >= 11 is 1.94. The van der Waals surface area contributed by atoms with Gasteiger partial charge >= 0.3 is 5.97 Å². The van der Waals surface area contributed by atoms with Crippen LogP contribution < -0.4 is 10.5 Å². The van der Waals surface area contributed by atoms with Crippen molar-refractivity contribution in [3.8, 4) is 11.5 Å². The topological polar surface area (TPSA) is 61.6 Å². The fourth-order valence-corrected chi connectivity index (χ4v) is 6.02. The monoisotopic (exact) mass is 481 g/mol. The highest BCUT2D eigenvalue weighted by molar-refractivity contribution is 7.99. The van der Waals surface area contributed by atoms with Crippen molar-refractivity contribution in [2.24, 2.45) is 0 Å². The Morgan fingerprint density at radius 3 is 1.83 bits per heavy atom. The third-order valence-corrected chi connectivity index (χ3v) is 7.70. The molecule has 0 amide bonds. The number of esters is 1. The third kappa shape index (κ3) is 5.69. The minimum atomic E-state index is -0.363. The van der Waals surface area contributed by atoms with Crippen molar-refractivity contribution in [2.45, 2.75) is 29.4 Å². The molecule has 1 saturated heterocycles. The number of hydrogen-bond donors (Lipinski definition) is 1. The Kier molecular flexibility index (Phi) is 7.05. The second-order valence-corrected chi connectivity index (χ2v) is 10.0. The van der Waals surface area contributed by atoms with E-state index < -0.39 is 0 Å². The van der Waals surface area contributed by atoms with E-state index in [0.29, 0.717) is 22.7 Å². The lowest BCUT2D eigenvalue weighted by atomic mass is 9.99. The summed E-state index contributed by atoms with van der Waals surface area (Å²) in [6.45, 7) is 0. The zero-order chi connectivity index (χ0) is 24.0. The van der Waals surface area contributed by atoms with E-state index in [1.807, 2.05) is 54.2 Å². The Balaban J connectivity index is 1.32. The number of benzene rings is 4. The van der Waals surface area contributed by atoms with Crippen LogP contribution in [0, 0.1) is 0 Å². The molecule has 0 spiro atoms. The fourth-order valence-electron chi connectivity index (χ4n) is 4.35. The second-order valence-electron chi connectivity index (χ2n) is 8.60. The van der Waals surface area contributed by atoms with Gasteiger partial charge < -0.3 is 15.2 Å². The van der Waals surface area contributed by atoms with E-state index in [2.05, 4.69) is 48.5 Å². The van der Waals surface area contributed by atoms with Gasteiger partial charge in [0.25, 0.3) is 0 Å². The molecular weight excluding hydrogens is 454 g/mol. The Labute approximate surface area is 210 Å². The molecule has 0 saturated carbocycles. The maximum Gasteiger partial charge on any atom is 0.338 e. The summed E-state index contributed by atoms with van der Waals surface area (Å²) < 4.78 is 11.9. The van der Waals surface area contributed by atoms with E-state index in [-0.39, 0.29) is 22.6 Å². The highest BCUT2D eigenvalue weighted by Gasteiger charge is 2.33. The summed E-state index contributed by atoms with van der Waals surface area (Å²) in [4.78, 5) is 13.1. The van der Waals surface area contributed by atoms with Gasteiger partial charge in [-0.2, -0.15) is 0 Å². The number of carbonyl (C=O) groups is 1. The van der Waals surface area contributed by atoms with Crippen molar-refractivity contribution in [3.63, 3.8) is 0 Å². The highest BCUT2D eigenvalue weighted by atomic mass is 32.2. The van der Waals surface area contributed by atoms with Gasteiger partial charge in [-0.25, -0.2) is 4.79 Å². The lowest BCUT2D eigenvalue weighted by Gasteiger charge is -2.35. The molecule has 4 aromatic carbocycles. The number of anilines is 1. The minimum absolute atomic E-state index is 0.194. The number of para-hydroxylation sites is 1. The quantitative estimate of drug-likeness (QED) is 0.227. The number of ether oxygens (including phenoxy) is 2. The smallest absolute Gasteiger partial charge is 0.338 e. The highest BCUT2D eigenvalue weighted by Crippen LogP contribution is 2.50. The maximum atomic E-state index is 13.1. The van der Waals surface area contributed by atoms with E-state index in [9.17, 15) is 4.79 Å². The molecule has 1 fully saturated rings. The van der Waals surface area contributed by atoms with Crippen LogP contribution in [0.5, 0.6) is 11.5 Å². The predicted molar refractivity (Wildman–Crippen MR) is 142 cm³/mol. The summed E-state index contributed by atoms with van der Waals surface area (Å²) in [5.41, 5.74) is 9.53. The molecule has 0 bridgehead atoms. The first kappa shape index (κ1) is 23.1. The molecule has 176 valence electrons. The van der Waals surface area contributed by atoms with E-state index >= 15 is 0 Å². The zero-order valence-electron chi connectivity index (χ0n) is 19.2. The van der Waals surface area contributed by atoms with E-state index in [1.165, 1.54) is 11.1 Å². The average molecular weight is 482 g/mol. The number of hydrogen-bond acceptors (Lipinski definition) is 5. The molecule has 1 aliphatic heterocycles. The molecule has 2 atom stereocenters. The Bertz CT molecular complexity index is 1220. The average Bonchev–Trinajstić information content (AvgIpc) is 2.91. The molecule has 35 heavy (non-hydrogen) atoms. The van der Waals surface area contributed by atoms with Crippen LogP contribution in [-0.4, -0.2) is 12.1 Å². The maximum absolute atomic E-state index is 13.1. The first-order valence-corrected chi connectivity index (χ1v) is 12.7. The number of thioether (sulfide) groups is 1. The van der Waals surface area contributed by atoms with Crippen LogP contribution in [0.4, 0.5) is 5.69 Å². The van der Waals surface area contributed by atoms with Crippen molar-refractivity contribution < 1.29 is 14.3 Å². The molecule has 2 unspecified atom stereocenters. The van der Waals surface area contributed by atoms with Crippen LogP contribution in [0.15, 0.2) is 109 Å². The van der Waals surface area contributed by atoms with Crippen LogP contribution in [0.1, 0.15) is 44.8 Å². The molecule has 4 nitrogen and oxygen atoms in total. The van der Waals surface area contributed by atoms with Crippen molar-refractivity contribution in [3.05, 3.63) is 126 Å². The van der Waals surface area contributed by atoms with E-state index in [0.717, 1.165) is 12.8 Å². The molecule has 0 aliphatic carbocycles. The first-order chi connectivity index (χ1) is 17.2. The van der Waals surface area contributed by atoms with Crippen LogP contribution >= 0.6 is 11.8 Å². The standard InChI is InChI=1S/C30H27NO3S/c31-26-18-23(16-17-27(26)33-24-14-8-3-9-15-24)30(32)34-25-19-28(21-10-4-1-5-11-21)35-29(20-25)22-12-6-2-7-13-22/h1-18,25,28-29H,19-20,31H2. The molecule has 0 radical (unpaired) electrons. The molecule has 2 N–H and O–H groups in total. The van der Waals surface area contributed by atoms with Gasteiger partial charge in [0.05, 0.1) is 11.3 Å². The van der Waals surface area contributed by atoms with Gasteiger partial charge in [0, 0.05) is 23.3 Å². The van der Waals surface area contributed by atoms with Crippen LogP contribution in [0.2, 0.25) is 0 Å². The SMILES string of the molecule is Nc1cc(C(=O)OC2CC(c3ccccc3)SC(c3ccccc3)C2)ccc1Oc1ccccc1. The van der Waals surface area contributed by atoms with Gasteiger partial charge in [-0.15, -0.1) is 11.8 Å². The molecule has 4 aromatic rings. The molecule has 1 aliphatic rings. The van der Waals surface area contributed by atoms with Crippen LogP contribution in [-0.2, 0) is 4.74 Å². The predicted octanol–water partition coefficient (Wildman–Crippen LogP) is 7.60. The van der Waals surface area contributed by atoms with Gasteiger partial charge in [0.2, 0.25) is 0 Å². The molecular formula is C30H27NO3S. The Morgan fingerprint density at radius 2 is 1.29 bits per heavy atom. The minimum Gasteiger partial charge on any atom is -0.459 e. The zero-order valence-corrected chi connectivity index (χ0v) is 20.1. The summed E-state index contributed by atoms with van der Waals surface area (Å²) in [5.74, 6) is 0.835. The van der Waals surface area contributed by atoms with Crippen molar-refractivity contribution in [1.29, 1.82) is 0 Å². The van der Waals surface area contributed by atoms with Crippen molar-refractivity contribution >= 4 is 23.4 Å². The number of carbonyl (C=O) groups excluding carboxylic acids is 1. The number of nitrogens with two attached hydrogens (primary N) is 1. The third-order valence-electron chi connectivity index (χ3n) is 6.12. The van der Waals surface area contributed by atoms with Gasteiger partial charge in [0.1, 0.15) is 17.6 Å². The van der Waals surface area contributed by atoms with Gasteiger partial charge in [-0.1, -0.05) is 78.9 Å². The summed E-state index contributed by atoms with van der Waals surface area (Å²) in [6, 6.07) is 35.4. The molecule has 5 heteroatoms. The molecule has 5 rings (SSSR count). The van der Waals surface area contributed by atoms with Crippen molar-refractivity contribution in [1.82, 2.24) is 0 Å². The summed E-state index contributed by atoms with van der Waals surface area (Å²) in [7, 11) is 0.